The number of fused-ring (bicyclic) bond motifs is 1. The van der Waals surface area contributed by atoms with Crippen molar-refractivity contribution in [1.29, 1.82) is 0 Å². The number of halogens is 3. The van der Waals surface area contributed by atoms with Crippen LogP contribution in [0.25, 0.3) is 0 Å². The van der Waals surface area contributed by atoms with Crippen LogP contribution in [0.3, 0.4) is 0 Å². The number of alkyl halides is 3. The molecule has 9 nitrogen and oxygen atoms in total. The van der Waals surface area contributed by atoms with E-state index in [1.165, 1.54) is 29.5 Å². The van der Waals surface area contributed by atoms with Crippen molar-refractivity contribution in [1.82, 2.24) is 9.78 Å². The Morgan fingerprint density at radius 2 is 1.92 bits per heavy atom. The Hall–Kier alpha value is -4.39. The molecule has 3 heterocycles. The van der Waals surface area contributed by atoms with Gasteiger partial charge in [-0.15, -0.1) is 11.3 Å². The van der Waals surface area contributed by atoms with Gasteiger partial charge in [0.15, 0.2) is 11.7 Å². The second-order valence-electron chi connectivity index (χ2n) is 8.21. The number of amides is 1. The second kappa shape index (κ2) is 9.58. The molecule has 4 aromatic rings. The van der Waals surface area contributed by atoms with Gasteiger partial charge in [-0.1, -0.05) is 24.3 Å². The maximum absolute atomic E-state index is 13.9. The van der Waals surface area contributed by atoms with E-state index < -0.39 is 29.1 Å². The molecule has 1 aliphatic rings. The first-order chi connectivity index (χ1) is 17.7. The Balaban J connectivity index is 1.42. The first kappa shape index (κ1) is 24.3. The number of rotatable bonds is 6. The minimum absolute atomic E-state index is 0.0212. The molecule has 2 aromatic carbocycles. The fraction of sp³-hybridized carbons (Fsp3) is 0.167. The third kappa shape index (κ3) is 5.26. The molecule has 2 aromatic heterocycles. The molecule has 0 saturated heterocycles. The van der Waals surface area contributed by atoms with Crippen molar-refractivity contribution >= 4 is 34.4 Å². The maximum Gasteiger partial charge on any atom is 0.410 e. The van der Waals surface area contributed by atoms with Crippen LogP contribution >= 0.6 is 11.3 Å². The van der Waals surface area contributed by atoms with Gasteiger partial charge in [0.1, 0.15) is 17.3 Å². The van der Waals surface area contributed by atoms with Crippen molar-refractivity contribution < 1.29 is 27.6 Å². The number of nitrogens with zero attached hydrogens (tertiary/aromatic N) is 3. The lowest BCUT2D eigenvalue weighted by molar-refractivity contribution is -0.384. The number of para-hydroxylation sites is 1. The molecule has 0 unspecified atom stereocenters. The quantitative estimate of drug-likeness (QED) is 0.216. The summed E-state index contributed by atoms with van der Waals surface area (Å²) in [4.78, 5) is 24.4. The van der Waals surface area contributed by atoms with Crippen LogP contribution in [0.1, 0.15) is 33.9 Å². The number of nitro groups is 1. The zero-order valence-electron chi connectivity index (χ0n) is 18.8. The summed E-state index contributed by atoms with van der Waals surface area (Å²) in [6.45, 7) is 0. The minimum atomic E-state index is -4.59. The summed E-state index contributed by atoms with van der Waals surface area (Å²) in [5, 5.41) is 22.6. The maximum atomic E-state index is 13.9. The van der Waals surface area contributed by atoms with E-state index in [4.69, 9.17) is 4.74 Å². The number of hydrogen-bond donors (Lipinski definition) is 2. The number of non-ortho nitro benzene ring substituents is 1. The zero-order valence-corrected chi connectivity index (χ0v) is 19.6. The summed E-state index contributed by atoms with van der Waals surface area (Å²) in [6.07, 6.45) is -4.87. The van der Waals surface area contributed by atoms with Gasteiger partial charge in [-0.25, -0.2) is 4.68 Å². The number of hydrogen-bond acceptors (Lipinski definition) is 7. The number of nitrogens with one attached hydrogen (secondary N) is 2. The Labute approximate surface area is 211 Å². The van der Waals surface area contributed by atoms with E-state index in [1.807, 2.05) is 0 Å². The van der Waals surface area contributed by atoms with Crippen LogP contribution in [-0.4, -0.2) is 26.8 Å². The molecule has 37 heavy (non-hydrogen) atoms. The first-order valence-corrected chi connectivity index (χ1v) is 11.9. The van der Waals surface area contributed by atoms with Crippen LogP contribution in [0, 0.1) is 10.1 Å². The second-order valence-corrected chi connectivity index (χ2v) is 9.19. The Morgan fingerprint density at radius 3 is 2.59 bits per heavy atom. The van der Waals surface area contributed by atoms with Crippen LogP contribution in [0.4, 0.5) is 30.4 Å². The van der Waals surface area contributed by atoms with Crippen LogP contribution < -0.4 is 15.4 Å². The van der Waals surface area contributed by atoms with Crippen molar-refractivity contribution in [2.75, 3.05) is 10.6 Å². The monoisotopic (exact) mass is 529 g/mol. The van der Waals surface area contributed by atoms with Crippen molar-refractivity contribution in [3.05, 3.63) is 92.8 Å². The fourth-order valence-corrected chi connectivity index (χ4v) is 4.79. The third-order valence-electron chi connectivity index (χ3n) is 5.65. The predicted octanol–water partition coefficient (Wildman–Crippen LogP) is 6.56. The number of aromatic nitrogens is 2. The molecule has 1 aliphatic heterocycles. The average Bonchev–Trinajstić information content (AvgIpc) is 3.53. The molecule has 190 valence electrons. The molecule has 0 spiro atoms. The van der Waals surface area contributed by atoms with Gasteiger partial charge in [-0.3, -0.25) is 14.9 Å². The van der Waals surface area contributed by atoms with Crippen LogP contribution in [0.5, 0.6) is 11.5 Å². The van der Waals surface area contributed by atoms with Crippen molar-refractivity contribution in [2.45, 2.75) is 24.7 Å². The Morgan fingerprint density at radius 1 is 1.14 bits per heavy atom. The molecule has 0 saturated carbocycles. The molecule has 2 atom stereocenters. The highest BCUT2D eigenvalue weighted by atomic mass is 32.1. The predicted molar refractivity (Wildman–Crippen MR) is 130 cm³/mol. The van der Waals surface area contributed by atoms with Gasteiger partial charge >= 0.3 is 6.18 Å². The first-order valence-electron chi connectivity index (χ1n) is 11.0. The van der Waals surface area contributed by atoms with Crippen molar-refractivity contribution in [2.24, 2.45) is 0 Å². The molecule has 5 rings (SSSR count). The largest absolute Gasteiger partial charge is 0.457 e. The highest BCUT2D eigenvalue weighted by molar-refractivity contribution is 7.10. The Bertz CT molecular complexity index is 1440. The number of benzene rings is 2. The Kier molecular flexibility index (Phi) is 6.29. The number of ether oxygens (including phenoxy) is 1. The number of carbonyl (C=O) groups excluding carboxylic acids is 1. The van der Waals surface area contributed by atoms with Gasteiger partial charge in [0.25, 0.3) is 11.6 Å². The number of carbonyl (C=O) groups is 1. The summed E-state index contributed by atoms with van der Waals surface area (Å²) >= 11 is 1.33. The lowest BCUT2D eigenvalue weighted by atomic mass is 10.0. The van der Waals surface area contributed by atoms with Crippen molar-refractivity contribution in [3.63, 3.8) is 0 Å². The standard InChI is InChI=1S/C24H18F3N5O4S/c25-24(26,27)21-12-18(20-7-4-8-37-20)29-22-13-19(30-31(21)22)23(33)28-14-9-15(32(34)35)11-17(10-14)36-16-5-2-1-3-6-16/h1-11,13,18,21,29H,12H2,(H,28,33)/t18-,21-/m0/s1. The topological polar surface area (TPSA) is 111 Å². The highest BCUT2D eigenvalue weighted by Gasteiger charge is 2.47. The van der Waals surface area contributed by atoms with Crippen LogP contribution in [0.2, 0.25) is 0 Å². The molecule has 0 aliphatic carbocycles. The minimum Gasteiger partial charge on any atom is -0.457 e. The van der Waals surface area contributed by atoms with E-state index in [0.717, 1.165) is 15.6 Å². The van der Waals surface area contributed by atoms with Crippen LogP contribution in [0.15, 0.2) is 72.1 Å². The van der Waals surface area contributed by atoms with E-state index in [0.29, 0.717) is 5.75 Å². The van der Waals surface area contributed by atoms with Gasteiger partial charge < -0.3 is 15.4 Å². The summed E-state index contributed by atoms with van der Waals surface area (Å²) < 4.78 is 48.0. The normalized spacial score (nSPS) is 16.9. The molecule has 2 N–H and O–H groups in total. The van der Waals surface area contributed by atoms with Crippen molar-refractivity contribution in [3.8, 4) is 11.5 Å². The summed E-state index contributed by atoms with van der Waals surface area (Å²) in [5.74, 6) is -0.267. The average molecular weight is 530 g/mol. The SMILES string of the molecule is O=C(Nc1cc(Oc2ccccc2)cc([N+](=O)[O-])c1)c1cc2n(n1)[C@H](C(F)(F)F)C[C@@H](c1cccs1)N2. The van der Waals surface area contributed by atoms with E-state index in [-0.39, 0.29) is 35.1 Å². The van der Waals surface area contributed by atoms with E-state index >= 15 is 0 Å². The van der Waals surface area contributed by atoms with Gasteiger partial charge in [0, 0.05) is 29.5 Å². The molecular weight excluding hydrogens is 511 g/mol. The molecule has 1 amide bonds. The van der Waals surface area contributed by atoms with E-state index in [1.54, 1.807) is 47.8 Å². The summed E-state index contributed by atoms with van der Waals surface area (Å²) in [5.41, 5.74) is -0.598. The lowest BCUT2D eigenvalue weighted by Crippen LogP contribution is -2.35. The fourth-order valence-electron chi connectivity index (χ4n) is 4.00. The summed E-state index contributed by atoms with van der Waals surface area (Å²) in [7, 11) is 0. The van der Waals surface area contributed by atoms with Gasteiger partial charge in [-0.2, -0.15) is 18.3 Å². The lowest BCUT2D eigenvalue weighted by Gasteiger charge is -2.32. The number of thiophene rings is 1. The van der Waals surface area contributed by atoms with Crippen LogP contribution in [-0.2, 0) is 0 Å². The highest BCUT2D eigenvalue weighted by Crippen LogP contribution is 2.44. The summed E-state index contributed by atoms with van der Waals surface area (Å²) in [6, 6.07) is 14.4. The molecule has 0 radical (unpaired) electrons. The van der Waals surface area contributed by atoms with Gasteiger partial charge in [0.05, 0.1) is 22.7 Å². The van der Waals surface area contributed by atoms with Gasteiger partial charge in [0.2, 0.25) is 0 Å². The smallest absolute Gasteiger partial charge is 0.410 e. The number of anilines is 2. The molecule has 13 heteroatoms. The van der Waals surface area contributed by atoms with Gasteiger partial charge in [-0.05, 0) is 23.6 Å². The van der Waals surface area contributed by atoms with E-state index in [9.17, 15) is 28.1 Å². The molecular formula is C24H18F3N5O4S. The molecule has 0 fully saturated rings. The zero-order chi connectivity index (χ0) is 26.2. The third-order valence-corrected chi connectivity index (χ3v) is 6.63. The van der Waals surface area contributed by atoms with E-state index in [2.05, 4.69) is 15.7 Å². The molecule has 0 bridgehead atoms. The number of nitro benzene ring substituents is 1.